The van der Waals surface area contributed by atoms with Gasteiger partial charge in [-0.1, -0.05) is 16.7 Å². The summed E-state index contributed by atoms with van der Waals surface area (Å²) in [5.74, 6) is -0.668. The number of hydrogen-bond acceptors (Lipinski definition) is 4. The Hall–Kier alpha value is -1.30. The minimum absolute atomic E-state index is 0.0348. The monoisotopic (exact) mass is 290 g/mol. The van der Waals surface area contributed by atoms with Crippen molar-refractivity contribution in [2.75, 3.05) is 7.11 Å². The Balaban J connectivity index is 3.40. The Morgan fingerprint density at radius 1 is 1.80 bits per heavy atom. The molecule has 0 saturated carbocycles. The van der Waals surface area contributed by atoms with Gasteiger partial charge in [-0.05, 0) is 27.5 Å². The molecule has 0 fully saturated rings. The van der Waals surface area contributed by atoms with Crippen LogP contribution in [0.15, 0.2) is 15.7 Å². The minimum Gasteiger partial charge on any atom is -0.464 e. The van der Waals surface area contributed by atoms with E-state index in [-0.39, 0.29) is 21.0 Å². The van der Waals surface area contributed by atoms with Crippen LogP contribution in [0.5, 0.6) is 0 Å². The fourth-order valence-corrected chi connectivity index (χ4v) is 1.47. The maximum absolute atomic E-state index is 11.2. The molecular weight excluding hydrogens is 287 g/mol. The smallest absolute Gasteiger partial charge is 0.357 e. The standard InChI is InChI=1S/C7H4BrClN4O2/c1-15-7(14)6-5(8)3(12-13-10)2-4(9)11-6/h2H,1H3. The summed E-state index contributed by atoms with van der Waals surface area (Å²) in [5, 5.41) is 3.39. The highest BCUT2D eigenvalue weighted by Gasteiger charge is 2.16. The molecule has 0 aliphatic heterocycles. The van der Waals surface area contributed by atoms with Gasteiger partial charge in [-0.15, -0.1) is 0 Å². The third-order valence-electron chi connectivity index (χ3n) is 1.44. The molecular formula is C7H4BrClN4O2. The zero-order valence-electron chi connectivity index (χ0n) is 7.44. The lowest BCUT2D eigenvalue weighted by Crippen LogP contribution is -2.05. The van der Waals surface area contributed by atoms with Crippen molar-refractivity contribution in [1.82, 2.24) is 4.98 Å². The van der Waals surface area contributed by atoms with Gasteiger partial charge in [0.2, 0.25) is 0 Å². The minimum atomic E-state index is -0.668. The summed E-state index contributed by atoms with van der Waals surface area (Å²) in [6.45, 7) is 0. The zero-order chi connectivity index (χ0) is 11.4. The number of azide groups is 1. The van der Waals surface area contributed by atoms with Crippen LogP contribution in [0.25, 0.3) is 10.4 Å². The quantitative estimate of drug-likeness (QED) is 0.275. The van der Waals surface area contributed by atoms with Gasteiger partial charge < -0.3 is 4.74 Å². The summed E-state index contributed by atoms with van der Waals surface area (Å²) < 4.78 is 4.73. The number of carbonyl (C=O) groups is 1. The third kappa shape index (κ3) is 2.59. The van der Waals surface area contributed by atoms with Crippen molar-refractivity contribution in [3.8, 4) is 0 Å². The molecule has 0 bridgehead atoms. The van der Waals surface area contributed by atoms with E-state index in [1.165, 1.54) is 13.2 Å². The largest absolute Gasteiger partial charge is 0.464 e. The third-order valence-corrected chi connectivity index (χ3v) is 2.41. The number of ether oxygens (including phenoxy) is 1. The zero-order valence-corrected chi connectivity index (χ0v) is 9.78. The first-order valence-electron chi connectivity index (χ1n) is 3.59. The Labute approximate surface area is 98.0 Å². The molecule has 0 atom stereocenters. The van der Waals surface area contributed by atoms with Crippen molar-refractivity contribution < 1.29 is 9.53 Å². The molecule has 0 unspecified atom stereocenters. The Kier molecular flexibility index (Phi) is 3.90. The number of nitrogens with zero attached hydrogens (tertiary/aromatic N) is 4. The first kappa shape index (κ1) is 11.8. The van der Waals surface area contributed by atoms with Crippen LogP contribution in [-0.4, -0.2) is 18.1 Å². The van der Waals surface area contributed by atoms with Gasteiger partial charge in [0.25, 0.3) is 0 Å². The van der Waals surface area contributed by atoms with Crippen LogP contribution in [0, 0.1) is 0 Å². The second-order valence-corrected chi connectivity index (χ2v) is 3.49. The van der Waals surface area contributed by atoms with E-state index in [0.29, 0.717) is 0 Å². The van der Waals surface area contributed by atoms with Crippen LogP contribution in [0.2, 0.25) is 5.15 Å². The second kappa shape index (κ2) is 4.97. The molecule has 0 saturated heterocycles. The molecule has 6 nitrogen and oxygen atoms in total. The summed E-state index contributed by atoms with van der Waals surface area (Å²) in [6, 6.07) is 1.33. The highest BCUT2D eigenvalue weighted by Crippen LogP contribution is 2.30. The summed E-state index contributed by atoms with van der Waals surface area (Å²) in [4.78, 5) is 17.6. The lowest BCUT2D eigenvalue weighted by atomic mass is 10.3. The summed E-state index contributed by atoms with van der Waals surface area (Å²) in [5.41, 5.74) is 8.42. The summed E-state index contributed by atoms with van der Waals surface area (Å²) in [7, 11) is 1.21. The molecule has 8 heteroatoms. The van der Waals surface area contributed by atoms with E-state index in [9.17, 15) is 4.79 Å². The average molecular weight is 291 g/mol. The van der Waals surface area contributed by atoms with E-state index in [2.05, 4.69) is 35.7 Å². The van der Waals surface area contributed by atoms with Gasteiger partial charge in [0, 0.05) is 4.91 Å². The van der Waals surface area contributed by atoms with E-state index >= 15 is 0 Å². The Morgan fingerprint density at radius 3 is 3.00 bits per heavy atom. The number of rotatable bonds is 2. The molecule has 15 heavy (non-hydrogen) atoms. The molecule has 0 aliphatic rings. The van der Waals surface area contributed by atoms with Gasteiger partial charge in [0.15, 0.2) is 5.69 Å². The van der Waals surface area contributed by atoms with Gasteiger partial charge >= 0.3 is 5.97 Å². The number of pyridine rings is 1. The first-order valence-corrected chi connectivity index (χ1v) is 4.76. The van der Waals surface area contributed by atoms with Gasteiger partial charge in [0.1, 0.15) is 5.15 Å². The van der Waals surface area contributed by atoms with Crippen molar-refractivity contribution in [2.24, 2.45) is 5.11 Å². The SMILES string of the molecule is COC(=O)c1nc(Cl)cc(N=[N+]=[N-])c1Br. The van der Waals surface area contributed by atoms with E-state index < -0.39 is 5.97 Å². The van der Waals surface area contributed by atoms with Crippen LogP contribution >= 0.6 is 27.5 Å². The summed E-state index contributed by atoms with van der Waals surface area (Å²) >= 11 is 8.71. The molecule has 1 aromatic rings. The average Bonchev–Trinajstić information content (AvgIpc) is 2.22. The molecule has 0 aliphatic carbocycles. The van der Waals surface area contributed by atoms with Crippen LogP contribution < -0.4 is 0 Å². The van der Waals surface area contributed by atoms with Crippen molar-refractivity contribution in [3.63, 3.8) is 0 Å². The van der Waals surface area contributed by atoms with E-state index in [4.69, 9.17) is 17.1 Å². The van der Waals surface area contributed by atoms with Crippen LogP contribution in [0.4, 0.5) is 5.69 Å². The Morgan fingerprint density at radius 2 is 2.47 bits per heavy atom. The normalized spacial score (nSPS) is 9.27. The molecule has 78 valence electrons. The maximum atomic E-state index is 11.2. The van der Waals surface area contributed by atoms with Crippen LogP contribution in [-0.2, 0) is 4.74 Å². The number of methoxy groups -OCH3 is 1. The summed E-state index contributed by atoms with van der Waals surface area (Å²) in [6.07, 6.45) is 0. The number of hydrogen-bond donors (Lipinski definition) is 0. The van der Waals surface area contributed by atoms with E-state index in [1.807, 2.05) is 0 Å². The lowest BCUT2D eigenvalue weighted by molar-refractivity contribution is 0.0593. The maximum Gasteiger partial charge on any atom is 0.357 e. The molecule has 0 N–H and O–H groups in total. The molecule has 0 amide bonds. The van der Waals surface area contributed by atoms with Gasteiger partial charge in [0.05, 0.1) is 17.3 Å². The predicted octanol–water partition coefficient (Wildman–Crippen LogP) is 3.23. The molecule has 1 rings (SSSR count). The van der Waals surface area contributed by atoms with Gasteiger partial charge in [-0.3, -0.25) is 0 Å². The fraction of sp³-hybridized carbons (Fsp3) is 0.143. The highest BCUT2D eigenvalue weighted by molar-refractivity contribution is 9.10. The Bertz CT molecular complexity index is 459. The first-order chi connectivity index (χ1) is 7.10. The topological polar surface area (TPSA) is 88.0 Å². The van der Waals surface area contributed by atoms with Crippen molar-refractivity contribution in [3.05, 3.63) is 31.8 Å². The highest BCUT2D eigenvalue weighted by atomic mass is 79.9. The predicted molar refractivity (Wildman–Crippen MR) is 57.1 cm³/mol. The number of esters is 1. The molecule has 1 heterocycles. The van der Waals surface area contributed by atoms with Gasteiger partial charge in [-0.2, -0.15) is 0 Å². The van der Waals surface area contributed by atoms with Gasteiger partial charge in [-0.25, -0.2) is 9.78 Å². The fourth-order valence-electron chi connectivity index (χ4n) is 0.839. The molecule has 0 aromatic carbocycles. The van der Waals surface area contributed by atoms with Crippen molar-refractivity contribution in [1.29, 1.82) is 0 Å². The number of carbonyl (C=O) groups excluding carboxylic acids is 1. The number of aromatic nitrogens is 1. The molecule has 0 spiro atoms. The van der Waals surface area contributed by atoms with Crippen LogP contribution in [0.3, 0.4) is 0 Å². The van der Waals surface area contributed by atoms with Crippen LogP contribution in [0.1, 0.15) is 10.5 Å². The van der Waals surface area contributed by atoms with Crippen molar-refractivity contribution in [2.45, 2.75) is 0 Å². The van der Waals surface area contributed by atoms with E-state index in [1.54, 1.807) is 0 Å². The second-order valence-electron chi connectivity index (χ2n) is 2.31. The van der Waals surface area contributed by atoms with Crippen molar-refractivity contribution >= 4 is 39.2 Å². The number of halogens is 2. The van der Waals surface area contributed by atoms with E-state index in [0.717, 1.165) is 0 Å². The molecule has 0 radical (unpaired) electrons. The molecule has 1 aromatic heterocycles. The lowest BCUT2D eigenvalue weighted by Gasteiger charge is -2.04.